The highest BCUT2D eigenvalue weighted by molar-refractivity contribution is 6.20. The number of aromatic nitrogens is 2. The largest absolute Gasteiger partial charge is 0.492 e. The zero-order valence-corrected chi connectivity index (χ0v) is 11.5. The minimum atomic E-state index is -2.46. The first-order chi connectivity index (χ1) is 9.04. The fourth-order valence-corrected chi connectivity index (χ4v) is 2.21. The van der Waals surface area contributed by atoms with Gasteiger partial charge in [-0.1, -0.05) is 6.07 Å². The number of alkyl halides is 3. The highest BCUT2D eigenvalue weighted by atomic mass is 35.5. The van der Waals surface area contributed by atoms with E-state index in [1.807, 2.05) is 6.92 Å². The molecule has 0 aliphatic carbocycles. The Morgan fingerprint density at radius 2 is 2.16 bits per heavy atom. The molecule has 1 atom stereocenters. The Kier molecular flexibility index (Phi) is 4.24. The Morgan fingerprint density at radius 3 is 2.74 bits per heavy atom. The Balaban J connectivity index is 2.62. The summed E-state index contributed by atoms with van der Waals surface area (Å²) in [7, 11) is 0. The van der Waals surface area contributed by atoms with Crippen LogP contribution in [0.15, 0.2) is 18.2 Å². The number of halogens is 3. The molecule has 6 heteroatoms. The first-order valence-electron chi connectivity index (χ1n) is 6.08. The van der Waals surface area contributed by atoms with Crippen LogP contribution in [0.2, 0.25) is 0 Å². The van der Waals surface area contributed by atoms with Gasteiger partial charge in [0.25, 0.3) is 6.43 Å². The predicted molar refractivity (Wildman–Crippen MR) is 71.2 cm³/mol. The average Bonchev–Trinajstić information content (AvgIpc) is 2.69. The van der Waals surface area contributed by atoms with Crippen molar-refractivity contribution < 1.29 is 13.5 Å². The van der Waals surface area contributed by atoms with Crippen LogP contribution in [0.3, 0.4) is 0 Å². The first kappa shape index (κ1) is 14.1. The lowest BCUT2D eigenvalue weighted by atomic mass is 10.3. The maximum atomic E-state index is 12.7. The number of para-hydroxylation sites is 1. The molecule has 1 aromatic heterocycles. The Labute approximate surface area is 115 Å². The van der Waals surface area contributed by atoms with Gasteiger partial charge in [0.05, 0.1) is 24.0 Å². The molecule has 1 unspecified atom stereocenters. The topological polar surface area (TPSA) is 27.1 Å². The molecule has 0 aliphatic heterocycles. The van der Waals surface area contributed by atoms with Gasteiger partial charge in [0.15, 0.2) is 0 Å². The second-order valence-electron chi connectivity index (χ2n) is 4.14. The highest BCUT2D eigenvalue weighted by Gasteiger charge is 2.19. The summed E-state index contributed by atoms with van der Waals surface area (Å²) in [6.45, 7) is 3.65. The van der Waals surface area contributed by atoms with Crippen molar-refractivity contribution in [2.75, 3.05) is 6.61 Å². The highest BCUT2D eigenvalue weighted by Crippen LogP contribution is 2.30. The molecule has 1 aromatic carbocycles. The summed E-state index contributed by atoms with van der Waals surface area (Å²) in [6.07, 6.45) is -2.46. The maximum absolute atomic E-state index is 12.7. The summed E-state index contributed by atoms with van der Waals surface area (Å²) in [5.41, 5.74) is 1.20. The zero-order valence-electron chi connectivity index (χ0n) is 10.7. The molecule has 0 amide bonds. The van der Waals surface area contributed by atoms with Gasteiger partial charge in [-0.15, -0.1) is 11.6 Å². The van der Waals surface area contributed by atoms with Crippen molar-refractivity contribution >= 4 is 22.6 Å². The van der Waals surface area contributed by atoms with Crippen molar-refractivity contribution in [2.24, 2.45) is 0 Å². The lowest BCUT2D eigenvalue weighted by molar-refractivity contribution is 0.127. The second kappa shape index (κ2) is 5.74. The van der Waals surface area contributed by atoms with E-state index in [1.54, 1.807) is 25.1 Å². The van der Waals surface area contributed by atoms with Crippen LogP contribution in [-0.4, -0.2) is 22.6 Å². The number of hydrogen-bond acceptors (Lipinski definition) is 2. The van der Waals surface area contributed by atoms with Gasteiger partial charge in [-0.3, -0.25) is 0 Å². The number of ether oxygens (including phenoxy) is 1. The minimum Gasteiger partial charge on any atom is -0.492 e. The molecule has 3 nitrogen and oxygen atoms in total. The molecule has 104 valence electrons. The molecule has 2 rings (SSSR count). The van der Waals surface area contributed by atoms with Gasteiger partial charge < -0.3 is 9.30 Å². The van der Waals surface area contributed by atoms with Gasteiger partial charge in [0.1, 0.15) is 17.1 Å². The Hall–Kier alpha value is -1.36. The lowest BCUT2D eigenvalue weighted by Gasteiger charge is -2.09. The van der Waals surface area contributed by atoms with Gasteiger partial charge >= 0.3 is 0 Å². The molecule has 0 saturated heterocycles. The summed E-state index contributed by atoms with van der Waals surface area (Å²) < 4.78 is 32.3. The van der Waals surface area contributed by atoms with Gasteiger partial charge in [0, 0.05) is 0 Å². The average molecular weight is 289 g/mol. The van der Waals surface area contributed by atoms with Crippen LogP contribution in [0.5, 0.6) is 5.75 Å². The van der Waals surface area contributed by atoms with Crippen molar-refractivity contribution in [1.82, 2.24) is 9.55 Å². The minimum absolute atomic E-state index is 0.418. The molecule has 0 fully saturated rings. The van der Waals surface area contributed by atoms with Gasteiger partial charge in [-0.25, -0.2) is 13.8 Å². The van der Waals surface area contributed by atoms with Crippen molar-refractivity contribution in [3.63, 3.8) is 0 Å². The van der Waals surface area contributed by atoms with Crippen molar-refractivity contribution in [3.8, 4) is 5.75 Å². The third kappa shape index (κ3) is 2.81. The predicted octanol–water partition coefficient (Wildman–Crippen LogP) is 4.00. The van der Waals surface area contributed by atoms with Crippen LogP contribution in [0.4, 0.5) is 8.78 Å². The fourth-order valence-electron chi connectivity index (χ4n) is 2.04. The number of fused-ring (bicyclic) bond motifs is 1. The van der Waals surface area contributed by atoms with Crippen molar-refractivity contribution in [1.29, 1.82) is 0 Å². The van der Waals surface area contributed by atoms with Crippen LogP contribution < -0.4 is 4.74 Å². The molecule has 0 saturated carbocycles. The monoisotopic (exact) mass is 288 g/mol. The summed E-state index contributed by atoms with van der Waals surface area (Å²) in [5.74, 6) is 1.02. The standard InChI is InChI=1S/C13H15ClF2N2O/c1-3-19-10-6-4-5-9-12(10)17-13(8(2)14)18(9)7-11(15)16/h4-6,8,11H,3,7H2,1-2H3. The molecule has 0 bridgehead atoms. The van der Waals surface area contributed by atoms with E-state index in [-0.39, 0.29) is 0 Å². The molecular weight excluding hydrogens is 274 g/mol. The van der Waals surface area contributed by atoms with Crippen LogP contribution >= 0.6 is 11.6 Å². The molecule has 0 N–H and O–H groups in total. The molecule has 0 aliphatic rings. The lowest BCUT2D eigenvalue weighted by Crippen LogP contribution is -2.10. The van der Waals surface area contributed by atoms with E-state index in [9.17, 15) is 8.78 Å². The first-order valence-corrected chi connectivity index (χ1v) is 6.52. The van der Waals surface area contributed by atoms with E-state index < -0.39 is 18.3 Å². The third-order valence-electron chi connectivity index (χ3n) is 2.75. The van der Waals surface area contributed by atoms with Gasteiger partial charge in [0.2, 0.25) is 0 Å². The molecular formula is C13H15ClF2N2O. The van der Waals surface area contributed by atoms with Gasteiger partial charge in [-0.05, 0) is 26.0 Å². The summed E-state index contributed by atoms with van der Waals surface area (Å²) in [4.78, 5) is 4.36. The summed E-state index contributed by atoms with van der Waals surface area (Å²) >= 11 is 6.02. The van der Waals surface area contributed by atoms with E-state index in [0.717, 1.165) is 0 Å². The fraction of sp³-hybridized carbons (Fsp3) is 0.462. The number of benzene rings is 1. The van der Waals surface area contributed by atoms with E-state index in [0.29, 0.717) is 29.2 Å². The molecule has 19 heavy (non-hydrogen) atoms. The van der Waals surface area contributed by atoms with Crippen LogP contribution in [0.1, 0.15) is 25.0 Å². The van der Waals surface area contributed by atoms with E-state index in [2.05, 4.69) is 4.98 Å². The molecule has 0 radical (unpaired) electrons. The Morgan fingerprint density at radius 1 is 1.42 bits per heavy atom. The SMILES string of the molecule is CCOc1cccc2c1nc(C(C)Cl)n2CC(F)F. The normalized spacial score (nSPS) is 13.2. The molecule has 2 aromatic rings. The second-order valence-corrected chi connectivity index (χ2v) is 4.80. The quantitative estimate of drug-likeness (QED) is 0.778. The van der Waals surface area contributed by atoms with Crippen LogP contribution in [0, 0.1) is 0 Å². The number of rotatable bonds is 5. The molecule has 1 heterocycles. The smallest absolute Gasteiger partial charge is 0.256 e. The van der Waals surface area contributed by atoms with E-state index >= 15 is 0 Å². The zero-order chi connectivity index (χ0) is 14.0. The number of imidazole rings is 1. The third-order valence-corrected chi connectivity index (χ3v) is 2.94. The Bertz CT molecular complexity index is 569. The van der Waals surface area contributed by atoms with Gasteiger partial charge in [-0.2, -0.15) is 0 Å². The number of hydrogen-bond donors (Lipinski definition) is 0. The van der Waals surface area contributed by atoms with Crippen LogP contribution in [0.25, 0.3) is 11.0 Å². The van der Waals surface area contributed by atoms with E-state index in [4.69, 9.17) is 16.3 Å². The van der Waals surface area contributed by atoms with Crippen molar-refractivity contribution in [2.45, 2.75) is 32.2 Å². The summed E-state index contributed by atoms with van der Waals surface area (Å²) in [5, 5.41) is -0.444. The maximum Gasteiger partial charge on any atom is 0.256 e. The summed E-state index contributed by atoms with van der Waals surface area (Å²) in [6, 6.07) is 5.28. The van der Waals surface area contributed by atoms with Crippen LogP contribution in [-0.2, 0) is 6.54 Å². The van der Waals surface area contributed by atoms with E-state index in [1.165, 1.54) is 4.57 Å². The van der Waals surface area contributed by atoms with Crippen molar-refractivity contribution in [3.05, 3.63) is 24.0 Å². The molecule has 0 spiro atoms. The number of nitrogens with zero attached hydrogens (tertiary/aromatic N) is 2.